The van der Waals surface area contributed by atoms with Crippen LogP contribution < -0.4 is 10.6 Å². The largest absolute Gasteiger partial charge is 0.467 e. The minimum absolute atomic E-state index is 0.119. The molecule has 1 heterocycles. The Morgan fingerprint density at radius 2 is 2.21 bits per heavy atom. The monoisotopic (exact) mass is 272 g/mol. The van der Waals surface area contributed by atoms with Crippen molar-refractivity contribution in [3.8, 4) is 0 Å². The van der Waals surface area contributed by atoms with Crippen molar-refractivity contribution < 1.29 is 19.1 Å². The Hall–Kier alpha value is -1.14. The first-order valence-corrected chi connectivity index (χ1v) is 6.72. The fraction of sp³-hybridized carbons (Fsp3) is 0.846. The van der Waals surface area contributed by atoms with Gasteiger partial charge in [0.05, 0.1) is 26.2 Å². The van der Waals surface area contributed by atoms with Crippen molar-refractivity contribution in [2.24, 2.45) is 5.92 Å². The van der Waals surface area contributed by atoms with E-state index in [4.69, 9.17) is 9.47 Å². The highest BCUT2D eigenvalue weighted by atomic mass is 16.5. The number of ether oxygens (including phenoxy) is 2. The van der Waals surface area contributed by atoms with E-state index < -0.39 is 12.0 Å². The van der Waals surface area contributed by atoms with Gasteiger partial charge in [-0.2, -0.15) is 0 Å². The standard InChI is InChI=1S/C13H24N2O4/c1-9(2)6-11(13(17)18-3)15-12(16)7-10-8-14-4-5-19-10/h9-11,14H,4-8H2,1-3H3,(H,15,16)/t10?,11-/m0/s1. The molecule has 1 saturated heterocycles. The van der Waals surface area contributed by atoms with E-state index in [2.05, 4.69) is 10.6 Å². The molecule has 0 aromatic rings. The maximum absolute atomic E-state index is 11.9. The molecule has 0 aromatic carbocycles. The number of morpholine rings is 1. The van der Waals surface area contributed by atoms with Crippen molar-refractivity contribution in [3.63, 3.8) is 0 Å². The molecule has 1 amide bonds. The molecule has 6 heteroatoms. The van der Waals surface area contributed by atoms with Gasteiger partial charge >= 0.3 is 5.97 Å². The van der Waals surface area contributed by atoms with E-state index in [0.717, 1.165) is 6.54 Å². The summed E-state index contributed by atoms with van der Waals surface area (Å²) in [4.78, 5) is 23.5. The van der Waals surface area contributed by atoms with Crippen LogP contribution in [-0.2, 0) is 19.1 Å². The first kappa shape index (κ1) is 15.9. The van der Waals surface area contributed by atoms with Crippen LogP contribution in [-0.4, -0.2) is 50.8 Å². The number of hydrogen-bond donors (Lipinski definition) is 2. The average molecular weight is 272 g/mol. The van der Waals surface area contributed by atoms with Crippen LogP contribution in [0.3, 0.4) is 0 Å². The third-order valence-electron chi connectivity index (χ3n) is 2.95. The van der Waals surface area contributed by atoms with E-state index in [-0.39, 0.29) is 18.4 Å². The Balaban J connectivity index is 2.43. The Bertz CT molecular complexity index is 301. The van der Waals surface area contributed by atoms with Gasteiger partial charge in [-0.05, 0) is 12.3 Å². The number of esters is 1. The molecule has 1 aliphatic heterocycles. The highest BCUT2D eigenvalue weighted by Crippen LogP contribution is 2.08. The second-order valence-corrected chi connectivity index (χ2v) is 5.17. The quantitative estimate of drug-likeness (QED) is 0.669. The number of rotatable bonds is 6. The van der Waals surface area contributed by atoms with Crippen LogP contribution >= 0.6 is 0 Å². The maximum atomic E-state index is 11.9. The number of carbonyl (C=O) groups is 2. The third-order valence-corrected chi connectivity index (χ3v) is 2.95. The first-order chi connectivity index (χ1) is 9.02. The van der Waals surface area contributed by atoms with Gasteiger partial charge in [0.15, 0.2) is 0 Å². The average Bonchev–Trinajstić information content (AvgIpc) is 2.37. The van der Waals surface area contributed by atoms with E-state index in [1.165, 1.54) is 7.11 Å². The van der Waals surface area contributed by atoms with Crippen LogP contribution in [0.1, 0.15) is 26.7 Å². The molecule has 0 spiro atoms. The summed E-state index contributed by atoms with van der Waals surface area (Å²) in [7, 11) is 1.33. The lowest BCUT2D eigenvalue weighted by Crippen LogP contribution is -2.46. The van der Waals surface area contributed by atoms with Gasteiger partial charge in [0.1, 0.15) is 6.04 Å². The number of methoxy groups -OCH3 is 1. The zero-order chi connectivity index (χ0) is 14.3. The molecule has 1 unspecified atom stereocenters. The highest BCUT2D eigenvalue weighted by Gasteiger charge is 2.24. The Morgan fingerprint density at radius 1 is 1.47 bits per heavy atom. The van der Waals surface area contributed by atoms with Crippen LogP contribution in [0.4, 0.5) is 0 Å². The van der Waals surface area contributed by atoms with E-state index >= 15 is 0 Å². The lowest BCUT2D eigenvalue weighted by molar-refractivity contribution is -0.146. The van der Waals surface area contributed by atoms with Crippen LogP contribution in [0.25, 0.3) is 0 Å². The zero-order valence-corrected chi connectivity index (χ0v) is 11.9. The molecule has 0 aromatic heterocycles. The van der Waals surface area contributed by atoms with Crippen LogP contribution in [0, 0.1) is 5.92 Å². The fourth-order valence-corrected chi connectivity index (χ4v) is 2.04. The summed E-state index contributed by atoms with van der Waals surface area (Å²) in [6.45, 7) is 6.09. The van der Waals surface area contributed by atoms with Crippen molar-refractivity contribution in [3.05, 3.63) is 0 Å². The summed E-state index contributed by atoms with van der Waals surface area (Å²) < 4.78 is 10.2. The molecular weight excluding hydrogens is 248 g/mol. The van der Waals surface area contributed by atoms with E-state index in [1.807, 2.05) is 13.8 Å². The van der Waals surface area contributed by atoms with E-state index in [1.54, 1.807) is 0 Å². The fourth-order valence-electron chi connectivity index (χ4n) is 2.04. The number of amides is 1. The molecular formula is C13H24N2O4. The minimum Gasteiger partial charge on any atom is -0.467 e. The van der Waals surface area contributed by atoms with Crippen molar-refractivity contribution in [2.45, 2.75) is 38.8 Å². The minimum atomic E-state index is -0.575. The normalized spacial score (nSPS) is 20.9. The van der Waals surface area contributed by atoms with Gasteiger partial charge in [-0.1, -0.05) is 13.8 Å². The van der Waals surface area contributed by atoms with Gasteiger partial charge in [-0.15, -0.1) is 0 Å². The Labute approximate surface area is 114 Å². The summed E-state index contributed by atoms with van der Waals surface area (Å²) >= 11 is 0. The molecule has 1 aliphatic rings. The van der Waals surface area contributed by atoms with Gasteiger partial charge in [0.2, 0.25) is 5.91 Å². The molecule has 110 valence electrons. The van der Waals surface area contributed by atoms with Crippen molar-refractivity contribution in [1.82, 2.24) is 10.6 Å². The predicted molar refractivity (Wildman–Crippen MR) is 70.6 cm³/mol. The lowest BCUT2D eigenvalue weighted by atomic mass is 10.0. The Morgan fingerprint density at radius 3 is 2.74 bits per heavy atom. The molecule has 19 heavy (non-hydrogen) atoms. The van der Waals surface area contributed by atoms with Crippen molar-refractivity contribution >= 4 is 11.9 Å². The lowest BCUT2D eigenvalue weighted by Gasteiger charge is -2.24. The first-order valence-electron chi connectivity index (χ1n) is 6.72. The highest BCUT2D eigenvalue weighted by molar-refractivity contribution is 5.84. The zero-order valence-electron chi connectivity index (χ0n) is 11.9. The summed E-state index contributed by atoms with van der Waals surface area (Å²) in [5.74, 6) is -0.272. The molecule has 0 saturated carbocycles. The van der Waals surface area contributed by atoms with Crippen LogP contribution in [0.2, 0.25) is 0 Å². The third kappa shape index (κ3) is 6.02. The van der Waals surface area contributed by atoms with Gasteiger partial charge < -0.3 is 20.1 Å². The molecule has 2 N–H and O–H groups in total. The van der Waals surface area contributed by atoms with Crippen molar-refractivity contribution in [2.75, 3.05) is 26.8 Å². The predicted octanol–water partition coefficient (Wildman–Crippen LogP) is 0.0688. The summed E-state index contributed by atoms with van der Waals surface area (Å²) in [6, 6.07) is -0.575. The van der Waals surface area contributed by atoms with Gasteiger partial charge in [-0.3, -0.25) is 4.79 Å². The van der Waals surface area contributed by atoms with Crippen LogP contribution in [0.5, 0.6) is 0 Å². The van der Waals surface area contributed by atoms with E-state index in [9.17, 15) is 9.59 Å². The second kappa shape index (κ2) is 8.12. The molecule has 1 rings (SSSR count). The second-order valence-electron chi connectivity index (χ2n) is 5.17. The number of hydrogen-bond acceptors (Lipinski definition) is 5. The smallest absolute Gasteiger partial charge is 0.328 e. The number of carbonyl (C=O) groups excluding carboxylic acids is 2. The van der Waals surface area contributed by atoms with Gasteiger partial charge in [0.25, 0.3) is 0 Å². The molecule has 6 nitrogen and oxygen atoms in total. The molecule has 2 atom stereocenters. The topological polar surface area (TPSA) is 76.7 Å². The summed E-state index contributed by atoms with van der Waals surface area (Å²) in [5, 5.41) is 5.89. The molecule has 0 radical (unpaired) electrons. The van der Waals surface area contributed by atoms with Crippen molar-refractivity contribution in [1.29, 1.82) is 0 Å². The van der Waals surface area contributed by atoms with Crippen LogP contribution in [0.15, 0.2) is 0 Å². The summed E-state index contributed by atoms with van der Waals surface area (Å²) in [5.41, 5.74) is 0. The SMILES string of the molecule is COC(=O)[C@H](CC(C)C)NC(=O)CC1CNCCO1. The maximum Gasteiger partial charge on any atom is 0.328 e. The van der Waals surface area contributed by atoms with Gasteiger partial charge in [0, 0.05) is 13.1 Å². The van der Waals surface area contributed by atoms with Gasteiger partial charge in [-0.25, -0.2) is 4.79 Å². The van der Waals surface area contributed by atoms with E-state index in [0.29, 0.717) is 25.5 Å². The number of nitrogens with one attached hydrogen (secondary N) is 2. The molecule has 0 bridgehead atoms. The molecule has 1 fully saturated rings. The summed E-state index contributed by atoms with van der Waals surface area (Å²) in [6.07, 6.45) is 0.715. The molecule has 0 aliphatic carbocycles. The Kier molecular flexibility index (Phi) is 6.80.